The first-order valence-electron chi connectivity index (χ1n) is 3.90. The summed E-state index contributed by atoms with van der Waals surface area (Å²) < 4.78 is 0. The number of rotatable bonds is 1. The normalized spacial score (nSPS) is 8.83. The van der Waals surface area contributed by atoms with Crippen LogP contribution in [-0.2, 0) is 6.42 Å². The molecule has 1 nitrogen and oxygen atoms in total. The molecule has 0 aliphatic rings. The first kappa shape index (κ1) is 8.83. The van der Waals surface area contributed by atoms with Crippen molar-refractivity contribution in [3.05, 3.63) is 42.3 Å². The average molecular weight is 158 g/mol. The highest BCUT2D eigenvalue weighted by atomic mass is 14.5. The molecule has 0 atom stereocenters. The fourth-order valence-corrected chi connectivity index (χ4v) is 0.960. The van der Waals surface area contributed by atoms with Crippen molar-refractivity contribution in [3.63, 3.8) is 0 Å². The minimum atomic E-state index is 0.430. The zero-order valence-corrected chi connectivity index (χ0v) is 7.01. The summed E-state index contributed by atoms with van der Waals surface area (Å²) in [6, 6.07) is 7.99. The number of hydrogen-bond donors (Lipinski definition) is 1. The summed E-state index contributed by atoms with van der Waals surface area (Å²) in [6.07, 6.45) is 0.747. The largest absolute Gasteiger partial charge is 0.320 e. The molecule has 0 heterocycles. The molecule has 1 rings (SSSR count). The van der Waals surface area contributed by atoms with Gasteiger partial charge in [0.05, 0.1) is 6.54 Å². The Labute approximate surface area is 73.6 Å². The van der Waals surface area contributed by atoms with Gasteiger partial charge in [0.15, 0.2) is 0 Å². The van der Waals surface area contributed by atoms with Crippen LogP contribution in [0.5, 0.6) is 0 Å². The van der Waals surface area contributed by atoms with Crippen molar-refractivity contribution in [3.8, 4) is 11.8 Å². The molecule has 0 bridgehead atoms. The molecule has 0 saturated heterocycles. The van der Waals surface area contributed by atoms with Crippen LogP contribution in [0.25, 0.3) is 0 Å². The van der Waals surface area contributed by atoms with Gasteiger partial charge >= 0.3 is 0 Å². The van der Waals surface area contributed by atoms with Crippen molar-refractivity contribution < 1.29 is 0 Å². The molecule has 0 amide bonds. The fourth-order valence-electron chi connectivity index (χ4n) is 0.960. The lowest BCUT2D eigenvalue weighted by atomic mass is 10.1. The molecular formula is C11H12N. The van der Waals surface area contributed by atoms with E-state index in [1.807, 2.05) is 24.3 Å². The second kappa shape index (κ2) is 4.58. The Kier molecular flexibility index (Phi) is 3.37. The monoisotopic (exact) mass is 158 g/mol. The van der Waals surface area contributed by atoms with Crippen LogP contribution < -0.4 is 5.73 Å². The van der Waals surface area contributed by atoms with Crippen molar-refractivity contribution in [1.82, 2.24) is 0 Å². The average Bonchev–Trinajstić information content (AvgIpc) is 2.09. The van der Waals surface area contributed by atoms with Gasteiger partial charge in [-0.05, 0) is 18.1 Å². The Balaban J connectivity index is 2.69. The van der Waals surface area contributed by atoms with Crippen LogP contribution in [0.2, 0.25) is 0 Å². The first-order valence-corrected chi connectivity index (χ1v) is 3.90. The van der Waals surface area contributed by atoms with Crippen molar-refractivity contribution in [2.24, 2.45) is 5.73 Å². The van der Waals surface area contributed by atoms with Gasteiger partial charge < -0.3 is 5.73 Å². The van der Waals surface area contributed by atoms with E-state index in [2.05, 4.69) is 18.8 Å². The standard InChI is InChI=1S/C11H12N/c1-10-6-2-3-7-11(10)8-4-5-9-12/h2-3,6-7H,1,8-9,12H2. The number of benzene rings is 1. The van der Waals surface area contributed by atoms with Crippen LogP contribution in [0.4, 0.5) is 0 Å². The lowest BCUT2D eigenvalue weighted by molar-refractivity contribution is 1.26. The van der Waals surface area contributed by atoms with Gasteiger partial charge in [-0.3, -0.25) is 0 Å². The van der Waals surface area contributed by atoms with Crippen LogP contribution >= 0.6 is 0 Å². The summed E-state index contributed by atoms with van der Waals surface area (Å²) in [5.74, 6) is 5.80. The van der Waals surface area contributed by atoms with Gasteiger partial charge in [-0.2, -0.15) is 0 Å². The van der Waals surface area contributed by atoms with Gasteiger partial charge in [-0.15, -0.1) is 0 Å². The van der Waals surface area contributed by atoms with Crippen molar-refractivity contribution in [2.75, 3.05) is 6.54 Å². The quantitative estimate of drug-likeness (QED) is 0.614. The molecule has 0 aromatic heterocycles. The van der Waals surface area contributed by atoms with Gasteiger partial charge in [-0.1, -0.05) is 36.1 Å². The van der Waals surface area contributed by atoms with Crippen LogP contribution in [0, 0.1) is 18.8 Å². The molecule has 1 aromatic rings. The molecule has 1 aromatic carbocycles. The highest BCUT2D eigenvalue weighted by Gasteiger charge is 1.92. The Morgan fingerprint density at radius 3 is 2.67 bits per heavy atom. The Hall–Kier alpha value is -1.26. The third-order valence-corrected chi connectivity index (χ3v) is 1.62. The summed E-state index contributed by atoms with van der Waals surface area (Å²) >= 11 is 0. The molecule has 2 N–H and O–H groups in total. The third kappa shape index (κ3) is 2.41. The molecule has 61 valence electrons. The Morgan fingerprint density at radius 1 is 1.25 bits per heavy atom. The summed E-state index contributed by atoms with van der Waals surface area (Å²) in [4.78, 5) is 0. The second-order valence-corrected chi connectivity index (χ2v) is 2.50. The topological polar surface area (TPSA) is 26.0 Å². The van der Waals surface area contributed by atoms with Crippen LogP contribution in [0.15, 0.2) is 24.3 Å². The lowest BCUT2D eigenvalue weighted by Gasteiger charge is -1.98. The maximum atomic E-state index is 5.24. The maximum absolute atomic E-state index is 5.24. The predicted molar refractivity (Wildman–Crippen MR) is 51.4 cm³/mol. The van der Waals surface area contributed by atoms with E-state index in [0.717, 1.165) is 12.0 Å². The highest BCUT2D eigenvalue weighted by Crippen LogP contribution is 2.06. The van der Waals surface area contributed by atoms with E-state index in [1.54, 1.807) is 0 Å². The molecule has 0 aliphatic heterocycles. The first-order chi connectivity index (χ1) is 5.84. The van der Waals surface area contributed by atoms with Gasteiger partial charge in [0.1, 0.15) is 0 Å². The van der Waals surface area contributed by atoms with Crippen molar-refractivity contribution in [2.45, 2.75) is 6.42 Å². The maximum Gasteiger partial charge on any atom is 0.0551 e. The van der Waals surface area contributed by atoms with Crippen LogP contribution in [0.3, 0.4) is 0 Å². The zero-order chi connectivity index (χ0) is 8.81. The number of hydrogen-bond acceptors (Lipinski definition) is 1. The minimum Gasteiger partial charge on any atom is -0.320 e. The van der Waals surface area contributed by atoms with Crippen LogP contribution in [0.1, 0.15) is 11.1 Å². The lowest BCUT2D eigenvalue weighted by Crippen LogP contribution is -1.93. The van der Waals surface area contributed by atoms with E-state index in [-0.39, 0.29) is 0 Å². The number of nitrogens with two attached hydrogens (primary N) is 1. The molecule has 0 aliphatic carbocycles. The van der Waals surface area contributed by atoms with E-state index in [9.17, 15) is 0 Å². The fraction of sp³-hybridized carbons (Fsp3) is 0.182. The molecule has 12 heavy (non-hydrogen) atoms. The summed E-state index contributed by atoms with van der Waals surface area (Å²) in [7, 11) is 0. The zero-order valence-electron chi connectivity index (χ0n) is 7.01. The van der Waals surface area contributed by atoms with Crippen LogP contribution in [-0.4, -0.2) is 6.54 Å². The predicted octanol–water partition coefficient (Wildman–Crippen LogP) is 1.37. The van der Waals surface area contributed by atoms with Crippen molar-refractivity contribution >= 4 is 0 Å². The molecule has 0 spiro atoms. The summed E-state index contributed by atoms with van der Waals surface area (Å²) in [5, 5.41) is 0. The van der Waals surface area contributed by atoms with E-state index in [1.165, 1.54) is 5.56 Å². The molecule has 0 saturated carbocycles. The smallest absolute Gasteiger partial charge is 0.0551 e. The van der Waals surface area contributed by atoms with Crippen molar-refractivity contribution in [1.29, 1.82) is 0 Å². The molecule has 0 fully saturated rings. The van der Waals surface area contributed by atoms with Gasteiger partial charge in [0, 0.05) is 6.42 Å². The third-order valence-electron chi connectivity index (χ3n) is 1.62. The van der Waals surface area contributed by atoms with E-state index >= 15 is 0 Å². The summed E-state index contributed by atoms with van der Waals surface area (Å²) in [5.41, 5.74) is 7.47. The molecule has 1 heteroatoms. The molecule has 0 unspecified atom stereocenters. The highest BCUT2D eigenvalue weighted by molar-refractivity contribution is 5.32. The van der Waals surface area contributed by atoms with Gasteiger partial charge in [0.25, 0.3) is 0 Å². The van der Waals surface area contributed by atoms with E-state index in [0.29, 0.717) is 6.54 Å². The molecule has 1 radical (unpaired) electrons. The van der Waals surface area contributed by atoms with Gasteiger partial charge in [-0.25, -0.2) is 0 Å². The van der Waals surface area contributed by atoms with E-state index < -0.39 is 0 Å². The summed E-state index contributed by atoms with van der Waals surface area (Å²) in [6.45, 7) is 4.33. The SMILES string of the molecule is [CH2]c1ccccc1CC#CCN. The Bertz CT molecular complexity index is 304. The van der Waals surface area contributed by atoms with E-state index in [4.69, 9.17) is 5.73 Å². The Morgan fingerprint density at radius 2 is 2.00 bits per heavy atom. The van der Waals surface area contributed by atoms with Gasteiger partial charge in [0.2, 0.25) is 0 Å². The second-order valence-electron chi connectivity index (χ2n) is 2.50. The minimum absolute atomic E-state index is 0.430. The molecular weight excluding hydrogens is 146 g/mol.